The third-order valence-corrected chi connectivity index (χ3v) is 4.82. The lowest BCUT2D eigenvalue weighted by molar-refractivity contribution is -0.125. The highest BCUT2D eigenvalue weighted by Crippen LogP contribution is 2.45. The van der Waals surface area contributed by atoms with Gasteiger partial charge in [-0.1, -0.05) is 12.1 Å². The molecule has 0 unspecified atom stereocenters. The maximum absolute atomic E-state index is 12.5. The SMILES string of the molecule is CC1(C(=O)NCc2cc3ccc(OCc4cc(C(F)F)on4)cc3[nH]2)CC1. The molecule has 4 rings (SSSR count). The lowest BCUT2D eigenvalue weighted by atomic mass is 10.1. The normalized spacial score (nSPS) is 15.3. The van der Waals surface area contributed by atoms with Gasteiger partial charge in [-0.15, -0.1) is 0 Å². The first-order chi connectivity index (χ1) is 12.9. The van der Waals surface area contributed by atoms with Gasteiger partial charge in [-0.25, -0.2) is 8.78 Å². The molecule has 3 aromatic rings. The zero-order valence-corrected chi connectivity index (χ0v) is 14.7. The topological polar surface area (TPSA) is 80.2 Å². The van der Waals surface area contributed by atoms with Crippen LogP contribution in [0.3, 0.4) is 0 Å². The average molecular weight is 375 g/mol. The van der Waals surface area contributed by atoms with Crippen LogP contribution in [-0.2, 0) is 17.9 Å². The van der Waals surface area contributed by atoms with Gasteiger partial charge in [0, 0.05) is 28.8 Å². The summed E-state index contributed by atoms with van der Waals surface area (Å²) in [6.07, 6.45) is -0.810. The number of aromatic amines is 1. The molecule has 6 nitrogen and oxygen atoms in total. The summed E-state index contributed by atoms with van der Waals surface area (Å²) < 4.78 is 35.1. The van der Waals surface area contributed by atoms with Crippen molar-refractivity contribution in [3.8, 4) is 5.75 Å². The van der Waals surface area contributed by atoms with Gasteiger partial charge in [0.1, 0.15) is 18.1 Å². The van der Waals surface area contributed by atoms with Crippen molar-refractivity contribution in [1.29, 1.82) is 0 Å². The number of ether oxygens (including phenoxy) is 1. The first-order valence-electron chi connectivity index (χ1n) is 8.69. The molecule has 0 saturated heterocycles. The molecule has 0 spiro atoms. The van der Waals surface area contributed by atoms with Crippen LogP contribution in [0.2, 0.25) is 0 Å². The standard InChI is InChI=1S/C19H19F2N3O3/c1-19(4-5-19)18(25)22-9-12-6-11-2-3-14(8-15(11)23-12)26-10-13-7-16(17(20)21)27-24-13/h2-3,6-8,17,23H,4-5,9-10H2,1H3,(H,22,25). The molecule has 8 heteroatoms. The molecule has 142 valence electrons. The number of nitrogens with one attached hydrogen (secondary N) is 2. The molecule has 2 aromatic heterocycles. The third-order valence-electron chi connectivity index (χ3n) is 4.82. The molecule has 2 N–H and O–H groups in total. The number of rotatable bonds is 7. The molecule has 1 amide bonds. The van der Waals surface area contributed by atoms with Crippen molar-refractivity contribution in [3.05, 3.63) is 47.5 Å². The number of carbonyl (C=O) groups is 1. The van der Waals surface area contributed by atoms with E-state index in [0.717, 1.165) is 29.4 Å². The van der Waals surface area contributed by atoms with E-state index >= 15 is 0 Å². The number of aromatic nitrogens is 2. The second-order valence-corrected chi connectivity index (χ2v) is 7.10. The minimum absolute atomic E-state index is 0.0317. The Labute approximate surface area is 153 Å². The highest BCUT2D eigenvalue weighted by Gasteiger charge is 2.44. The quantitative estimate of drug-likeness (QED) is 0.652. The molecular formula is C19H19F2N3O3. The fourth-order valence-electron chi connectivity index (χ4n) is 2.81. The molecule has 1 aromatic carbocycles. The number of nitrogens with zero attached hydrogens (tertiary/aromatic N) is 1. The van der Waals surface area contributed by atoms with Gasteiger partial charge < -0.3 is 19.6 Å². The predicted molar refractivity (Wildman–Crippen MR) is 93.3 cm³/mol. The maximum Gasteiger partial charge on any atom is 0.298 e. The predicted octanol–water partition coefficient (Wildman–Crippen LogP) is 4.09. The highest BCUT2D eigenvalue weighted by molar-refractivity contribution is 5.85. The highest BCUT2D eigenvalue weighted by atomic mass is 19.3. The molecular weight excluding hydrogens is 356 g/mol. The number of carbonyl (C=O) groups excluding carboxylic acids is 1. The van der Waals surface area contributed by atoms with E-state index in [1.54, 1.807) is 6.07 Å². The first-order valence-corrected chi connectivity index (χ1v) is 8.69. The van der Waals surface area contributed by atoms with Gasteiger partial charge in [-0.3, -0.25) is 4.79 Å². The summed E-state index contributed by atoms with van der Waals surface area (Å²) in [5.41, 5.74) is 1.87. The van der Waals surface area contributed by atoms with Crippen LogP contribution in [0.15, 0.2) is 34.9 Å². The average Bonchev–Trinajstić information content (AvgIpc) is 3.09. The number of hydrogen-bond acceptors (Lipinski definition) is 4. The van der Waals surface area contributed by atoms with E-state index in [1.807, 2.05) is 25.1 Å². The van der Waals surface area contributed by atoms with Crippen LogP contribution in [-0.4, -0.2) is 16.0 Å². The lowest BCUT2D eigenvalue weighted by Gasteiger charge is -2.08. The smallest absolute Gasteiger partial charge is 0.298 e. The van der Waals surface area contributed by atoms with Gasteiger partial charge in [0.25, 0.3) is 6.43 Å². The Morgan fingerprint density at radius 3 is 2.89 bits per heavy atom. The van der Waals surface area contributed by atoms with Crippen LogP contribution in [0, 0.1) is 5.41 Å². The Morgan fingerprint density at radius 1 is 1.37 bits per heavy atom. The van der Waals surface area contributed by atoms with Gasteiger partial charge in [0.2, 0.25) is 11.7 Å². The van der Waals surface area contributed by atoms with Crippen molar-refractivity contribution in [2.75, 3.05) is 0 Å². The fraction of sp³-hybridized carbons (Fsp3) is 0.368. The van der Waals surface area contributed by atoms with Gasteiger partial charge >= 0.3 is 0 Å². The van der Waals surface area contributed by atoms with E-state index in [0.29, 0.717) is 18.0 Å². The molecule has 0 bridgehead atoms. The molecule has 1 fully saturated rings. The molecule has 1 saturated carbocycles. The summed E-state index contributed by atoms with van der Waals surface area (Å²) in [4.78, 5) is 15.3. The van der Waals surface area contributed by atoms with Crippen molar-refractivity contribution in [2.24, 2.45) is 5.41 Å². The Morgan fingerprint density at radius 2 is 2.19 bits per heavy atom. The largest absolute Gasteiger partial charge is 0.487 e. The summed E-state index contributed by atoms with van der Waals surface area (Å²) in [6, 6.07) is 8.65. The second kappa shape index (κ2) is 6.68. The number of amides is 1. The lowest BCUT2D eigenvalue weighted by Crippen LogP contribution is -2.29. The molecule has 2 heterocycles. The number of fused-ring (bicyclic) bond motifs is 1. The number of benzene rings is 1. The van der Waals surface area contributed by atoms with Crippen LogP contribution in [0.25, 0.3) is 10.9 Å². The zero-order valence-electron chi connectivity index (χ0n) is 14.7. The van der Waals surface area contributed by atoms with E-state index in [1.165, 1.54) is 6.07 Å². The molecule has 0 atom stereocenters. The molecule has 1 aliphatic rings. The van der Waals surface area contributed by atoms with Crippen LogP contribution in [0.5, 0.6) is 5.75 Å². The molecule has 0 aliphatic heterocycles. The van der Waals surface area contributed by atoms with Gasteiger partial charge in [-0.2, -0.15) is 0 Å². The van der Waals surface area contributed by atoms with Crippen LogP contribution >= 0.6 is 0 Å². The monoisotopic (exact) mass is 375 g/mol. The molecule has 1 aliphatic carbocycles. The van der Waals surface area contributed by atoms with E-state index < -0.39 is 12.2 Å². The Bertz CT molecular complexity index is 976. The summed E-state index contributed by atoms with van der Waals surface area (Å²) in [5, 5.41) is 7.50. The van der Waals surface area contributed by atoms with Crippen molar-refractivity contribution in [1.82, 2.24) is 15.5 Å². The first kappa shape index (κ1) is 17.5. The van der Waals surface area contributed by atoms with E-state index in [-0.39, 0.29) is 17.9 Å². The number of H-pyrrole nitrogens is 1. The molecule has 27 heavy (non-hydrogen) atoms. The third kappa shape index (κ3) is 3.79. The Balaban J connectivity index is 1.38. The van der Waals surface area contributed by atoms with E-state index in [9.17, 15) is 13.6 Å². The van der Waals surface area contributed by atoms with Gasteiger partial charge in [0.05, 0.1) is 6.54 Å². The summed E-state index contributed by atoms with van der Waals surface area (Å²) in [7, 11) is 0. The van der Waals surface area contributed by atoms with Crippen LogP contribution < -0.4 is 10.1 Å². The fourth-order valence-corrected chi connectivity index (χ4v) is 2.81. The van der Waals surface area contributed by atoms with Crippen LogP contribution in [0.1, 0.15) is 43.3 Å². The van der Waals surface area contributed by atoms with E-state index in [4.69, 9.17) is 4.74 Å². The van der Waals surface area contributed by atoms with Gasteiger partial charge in [0.15, 0.2) is 0 Å². The maximum atomic E-state index is 12.5. The van der Waals surface area contributed by atoms with Crippen LogP contribution in [0.4, 0.5) is 8.78 Å². The number of hydrogen-bond donors (Lipinski definition) is 2. The minimum Gasteiger partial charge on any atom is -0.487 e. The number of alkyl halides is 2. The zero-order chi connectivity index (χ0) is 19.0. The van der Waals surface area contributed by atoms with Gasteiger partial charge in [-0.05, 0) is 36.4 Å². The number of halogens is 2. The Hall–Kier alpha value is -2.90. The minimum atomic E-state index is -2.69. The van der Waals surface area contributed by atoms with Crippen molar-refractivity contribution in [3.63, 3.8) is 0 Å². The molecule has 0 radical (unpaired) electrons. The van der Waals surface area contributed by atoms with Crippen molar-refractivity contribution in [2.45, 2.75) is 39.3 Å². The summed E-state index contributed by atoms with van der Waals surface area (Å²) in [5.74, 6) is 0.188. The summed E-state index contributed by atoms with van der Waals surface area (Å²) >= 11 is 0. The van der Waals surface area contributed by atoms with Crippen molar-refractivity contribution < 1.29 is 22.8 Å². The Kier molecular flexibility index (Phi) is 4.33. The van der Waals surface area contributed by atoms with E-state index in [2.05, 4.69) is 20.0 Å². The summed E-state index contributed by atoms with van der Waals surface area (Å²) in [6.45, 7) is 2.44. The second-order valence-electron chi connectivity index (χ2n) is 7.10. The van der Waals surface area contributed by atoms with Crippen molar-refractivity contribution >= 4 is 16.8 Å².